The molecular weight excluding hydrogens is 264 g/mol. The number of hydrogen-bond donors (Lipinski definition) is 1. The van der Waals surface area contributed by atoms with E-state index in [0.717, 1.165) is 6.07 Å². The number of hydrogen-bond acceptors (Lipinski definition) is 5. The first-order valence-electron chi connectivity index (χ1n) is 6.41. The molecule has 0 aromatic heterocycles. The van der Waals surface area contributed by atoms with E-state index in [1.54, 1.807) is 0 Å². The van der Waals surface area contributed by atoms with Crippen molar-refractivity contribution in [3.8, 4) is 0 Å². The van der Waals surface area contributed by atoms with Crippen molar-refractivity contribution in [2.45, 2.75) is 25.9 Å². The maximum absolute atomic E-state index is 11.2. The summed E-state index contributed by atoms with van der Waals surface area (Å²) in [5.41, 5.74) is -0.0157. The fourth-order valence-electron chi connectivity index (χ4n) is 2.69. The molecule has 2 atom stereocenters. The highest BCUT2D eigenvalue weighted by Gasteiger charge is 2.30. The highest BCUT2D eigenvalue weighted by Crippen LogP contribution is 2.32. The zero-order valence-corrected chi connectivity index (χ0v) is 11.4. The van der Waals surface area contributed by atoms with Crippen LogP contribution in [-0.2, 0) is 0 Å². The maximum atomic E-state index is 11.2. The summed E-state index contributed by atoms with van der Waals surface area (Å²) in [4.78, 5) is 22.6. The van der Waals surface area contributed by atoms with Crippen LogP contribution in [0.5, 0.6) is 0 Å². The fourth-order valence-corrected chi connectivity index (χ4v) is 2.69. The van der Waals surface area contributed by atoms with Crippen molar-refractivity contribution in [3.63, 3.8) is 0 Å². The Bertz CT molecular complexity index is 538. The van der Waals surface area contributed by atoms with Crippen LogP contribution in [0.3, 0.4) is 0 Å². The van der Waals surface area contributed by atoms with Crippen LogP contribution in [-0.4, -0.2) is 35.0 Å². The first-order chi connectivity index (χ1) is 9.38. The van der Waals surface area contributed by atoms with E-state index in [1.807, 2.05) is 4.90 Å². The Morgan fingerprint density at radius 3 is 2.25 bits per heavy atom. The van der Waals surface area contributed by atoms with Gasteiger partial charge in [-0.1, -0.05) is 0 Å². The summed E-state index contributed by atoms with van der Waals surface area (Å²) < 4.78 is 0. The normalized spacial score (nSPS) is 22.6. The van der Waals surface area contributed by atoms with Gasteiger partial charge in [-0.05, 0) is 19.9 Å². The van der Waals surface area contributed by atoms with Crippen molar-refractivity contribution >= 4 is 17.1 Å². The topological polar surface area (TPSA) is 106 Å². The lowest BCUT2D eigenvalue weighted by atomic mass is 10.1. The van der Waals surface area contributed by atoms with Gasteiger partial charge in [0.1, 0.15) is 17.8 Å². The largest absolute Gasteiger partial charge is 0.354 e. The summed E-state index contributed by atoms with van der Waals surface area (Å²) in [5, 5.41) is 24.1. The van der Waals surface area contributed by atoms with Crippen molar-refractivity contribution < 1.29 is 15.2 Å². The smallest absolute Gasteiger partial charge is 0.299 e. The minimum Gasteiger partial charge on any atom is -0.354 e. The van der Waals surface area contributed by atoms with Crippen LogP contribution >= 0.6 is 0 Å². The van der Waals surface area contributed by atoms with Crippen molar-refractivity contribution in [3.05, 3.63) is 38.4 Å². The standard InChI is InChI=1S/C12H16N4O4/c1-8-6-14(7-9(2)13-8)11-4-3-10(15(17)18)5-12(11)16(19)20/h3-5,8-9,13H,6-7H2,1-2H3/p+1/t8-,9-/m0/s1. The molecule has 0 radical (unpaired) electrons. The minimum atomic E-state index is -0.619. The van der Waals surface area contributed by atoms with E-state index in [4.69, 9.17) is 0 Å². The molecule has 0 bridgehead atoms. The molecule has 108 valence electrons. The fraction of sp³-hybridized carbons (Fsp3) is 0.500. The molecule has 1 saturated heterocycles. The number of piperazine rings is 1. The van der Waals surface area contributed by atoms with E-state index in [-0.39, 0.29) is 11.4 Å². The lowest BCUT2D eigenvalue weighted by molar-refractivity contribution is -0.716. The number of anilines is 1. The van der Waals surface area contributed by atoms with Crippen LogP contribution in [0.2, 0.25) is 0 Å². The van der Waals surface area contributed by atoms with Gasteiger partial charge in [0.15, 0.2) is 0 Å². The molecule has 1 aromatic carbocycles. The number of nitrogens with zero attached hydrogens (tertiary/aromatic N) is 3. The summed E-state index contributed by atoms with van der Waals surface area (Å²) in [6.07, 6.45) is 0. The van der Waals surface area contributed by atoms with Crippen molar-refractivity contribution in [1.29, 1.82) is 0 Å². The summed E-state index contributed by atoms with van der Waals surface area (Å²) in [6, 6.07) is 4.47. The first kappa shape index (κ1) is 14.2. The molecule has 2 rings (SSSR count). The van der Waals surface area contributed by atoms with Gasteiger partial charge in [-0.15, -0.1) is 0 Å². The molecule has 1 heterocycles. The highest BCUT2D eigenvalue weighted by molar-refractivity contribution is 5.67. The summed E-state index contributed by atoms with van der Waals surface area (Å²) in [5.74, 6) is 0. The van der Waals surface area contributed by atoms with Gasteiger partial charge in [-0.25, -0.2) is 0 Å². The van der Waals surface area contributed by atoms with E-state index in [0.29, 0.717) is 30.9 Å². The first-order valence-corrected chi connectivity index (χ1v) is 6.41. The van der Waals surface area contributed by atoms with Gasteiger partial charge in [-0.3, -0.25) is 20.2 Å². The molecule has 0 aliphatic carbocycles. The zero-order valence-electron chi connectivity index (χ0n) is 11.4. The van der Waals surface area contributed by atoms with Gasteiger partial charge in [0.05, 0.1) is 29.0 Å². The van der Waals surface area contributed by atoms with Crippen LogP contribution < -0.4 is 10.2 Å². The molecule has 0 unspecified atom stereocenters. The number of nitrogens with two attached hydrogens (primary N) is 1. The monoisotopic (exact) mass is 281 g/mol. The van der Waals surface area contributed by atoms with Crippen molar-refractivity contribution in [2.24, 2.45) is 0 Å². The molecule has 8 nitrogen and oxygen atoms in total. The van der Waals surface area contributed by atoms with Crippen LogP contribution in [0.15, 0.2) is 18.2 Å². The van der Waals surface area contributed by atoms with Crippen LogP contribution in [0.4, 0.5) is 17.1 Å². The Labute approximate surface area is 115 Å². The second kappa shape index (κ2) is 5.41. The SMILES string of the molecule is C[C@H]1CN(c2ccc([N+](=O)[O-])cc2[N+](=O)[O-])C[C@H](C)[NH2+]1. The second-order valence-electron chi connectivity index (χ2n) is 5.24. The number of nitro benzene ring substituents is 2. The quantitative estimate of drug-likeness (QED) is 0.647. The Morgan fingerprint density at radius 2 is 1.75 bits per heavy atom. The van der Waals surface area contributed by atoms with Crippen LogP contribution in [0, 0.1) is 20.2 Å². The third kappa shape index (κ3) is 2.85. The number of benzene rings is 1. The third-order valence-electron chi connectivity index (χ3n) is 3.38. The molecular formula is C12H17N4O4+. The summed E-state index contributed by atoms with van der Waals surface area (Å²) in [6.45, 7) is 5.48. The van der Waals surface area contributed by atoms with Gasteiger partial charge in [0, 0.05) is 6.07 Å². The van der Waals surface area contributed by atoms with Crippen molar-refractivity contribution in [1.82, 2.24) is 0 Å². The predicted octanol–water partition coefficient (Wildman–Crippen LogP) is 0.663. The average molecular weight is 281 g/mol. The van der Waals surface area contributed by atoms with Gasteiger partial charge in [0.2, 0.25) is 0 Å². The van der Waals surface area contributed by atoms with E-state index in [1.165, 1.54) is 12.1 Å². The minimum absolute atomic E-state index is 0.208. The van der Waals surface area contributed by atoms with E-state index in [9.17, 15) is 20.2 Å². The number of rotatable bonds is 3. The van der Waals surface area contributed by atoms with Gasteiger partial charge >= 0.3 is 0 Å². The lowest BCUT2D eigenvalue weighted by Crippen LogP contribution is -2.99. The molecule has 8 heteroatoms. The Hall–Kier alpha value is -2.22. The number of non-ortho nitro benzene ring substituents is 1. The molecule has 1 fully saturated rings. The van der Waals surface area contributed by atoms with Crippen LogP contribution in [0.1, 0.15) is 13.8 Å². The summed E-state index contributed by atoms with van der Waals surface area (Å²) in [7, 11) is 0. The highest BCUT2D eigenvalue weighted by atomic mass is 16.6. The third-order valence-corrected chi connectivity index (χ3v) is 3.38. The Morgan fingerprint density at radius 1 is 1.15 bits per heavy atom. The predicted molar refractivity (Wildman–Crippen MR) is 72.8 cm³/mol. The Balaban J connectivity index is 2.40. The van der Waals surface area contributed by atoms with Gasteiger partial charge in [-0.2, -0.15) is 0 Å². The average Bonchev–Trinajstić information content (AvgIpc) is 2.36. The molecule has 0 amide bonds. The van der Waals surface area contributed by atoms with Gasteiger partial charge < -0.3 is 10.2 Å². The van der Waals surface area contributed by atoms with E-state index in [2.05, 4.69) is 19.2 Å². The van der Waals surface area contributed by atoms with E-state index < -0.39 is 9.85 Å². The van der Waals surface area contributed by atoms with Crippen molar-refractivity contribution in [2.75, 3.05) is 18.0 Å². The number of nitro groups is 2. The second-order valence-corrected chi connectivity index (χ2v) is 5.24. The molecule has 1 aromatic rings. The summed E-state index contributed by atoms with van der Waals surface area (Å²) >= 11 is 0. The lowest BCUT2D eigenvalue weighted by Gasteiger charge is -2.34. The molecule has 2 N–H and O–H groups in total. The molecule has 0 spiro atoms. The van der Waals surface area contributed by atoms with Gasteiger partial charge in [0.25, 0.3) is 11.4 Å². The molecule has 0 saturated carbocycles. The molecule has 1 aliphatic rings. The molecule has 20 heavy (non-hydrogen) atoms. The maximum Gasteiger partial charge on any atom is 0.299 e. The molecule has 1 aliphatic heterocycles. The van der Waals surface area contributed by atoms with E-state index >= 15 is 0 Å². The zero-order chi connectivity index (χ0) is 14.9. The number of quaternary nitrogens is 1. The Kier molecular flexibility index (Phi) is 3.84. The van der Waals surface area contributed by atoms with Crippen LogP contribution in [0.25, 0.3) is 0 Å².